The molecule has 0 radical (unpaired) electrons. The first-order chi connectivity index (χ1) is 42.9. The molecule has 502 valence electrons. The number of fused-ring (bicyclic) bond motifs is 2. The molecule has 1 aromatic rings. The van der Waals surface area contributed by atoms with Gasteiger partial charge in [-0.1, -0.05) is 77.8 Å². The Kier molecular flexibility index (Phi) is 28.2. The van der Waals surface area contributed by atoms with Gasteiger partial charge in [0, 0.05) is 98.8 Å². The predicted octanol–water partition coefficient (Wildman–Crippen LogP) is 1.36. The second-order valence-electron chi connectivity index (χ2n) is 24.7. The summed E-state index contributed by atoms with van der Waals surface area (Å²) in [5, 5.41) is 56.1. The number of nitrogens with zero attached hydrogens (tertiary/aromatic N) is 6. The number of ether oxygens (including phenoxy) is 4. The minimum absolute atomic E-state index is 0.00104. The van der Waals surface area contributed by atoms with Crippen molar-refractivity contribution in [2.24, 2.45) is 17.6 Å². The van der Waals surface area contributed by atoms with Gasteiger partial charge in [0.25, 0.3) is 0 Å². The van der Waals surface area contributed by atoms with Gasteiger partial charge in [-0.3, -0.25) is 38.9 Å². The maximum absolute atomic E-state index is 15.9. The van der Waals surface area contributed by atoms with E-state index in [1.807, 2.05) is 0 Å². The van der Waals surface area contributed by atoms with E-state index in [9.17, 15) is 26.6 Å². The first-order valence-corrected chi connectivity index (χ1v) is 31.1. The van der Waals surface area contributed by atoms with E-state index in [2.05, 4.69) is 36.7 Å². The van der Waals surface area contributed by atoms with E-state index in [0.717, 1.165) is 77.0 Å². The van der Waals surface area contributed by atoms with Crippen molar-refractivity contribution >= 4 is 41.4 Å². The smallest absolute Gasteiger partial charge is 0.249 e. The zero-order valence-electron chi connectivity index (χ0n) is 58.9. The van der Waals surface area contributed by atoms with Crippen LogP contribution in [0, 0.1) is 11.8 Å². The van der Waals surface area contributed by atoms with Gasteiger partial charge >= 0.3 is 0 Å². The van der Waals surface area contributed by atoms with E-state index in [1.54, 1.807) is 38.4 Å². The fourth-order valence-electron chi connectivity index (χ4n) is 12.4. The van der Waals surface area contributed by atoms with Gasteiger partial charge in [0.05, 0.1) is 37.6 Å². The van der Waals surface area contributed by atoms with Crippen LogP contribution in [0.15, 0.2) is 24.3 Å². The lowest BCUT2D eigenvalue weighted by atomic mass is 9.91. The quantitative estimate of drug-likeness (QED) is 0.0549. The zero-order chi connectivity index (χ0) is 69.5. The number of nitrogens with one attached hydrogen (secondary N) is 3. The SMILES string of the molecule is [2H]C(C)(C[C@@H](OC)[C@H]1C(=O)N2CC[C@H](OC)[C@H]2C(=O)N(C)[C@H](NC([2H])(C)C([2H])([2H])N)[C@H](O)C[C@H](NC(=O)CCCCCCCCC(C)CC(C)CC)C(=O)N(C)[C@@H]([C@@H](C)O)C(=O)N2C[C@H](O)CC2C(=O)N[C@@H]([C@H](O)[C@@H](OC)c2ccc(OC)cc2)C(=O)N1C)N(C)C. The lowest BCUT2D eigenvalue weighted by molar-refractivity contribution is -0.160. The molecule has 3 saturated heterocycles. The van der Waals surface area contributed by atoms with Crippen molar-refractivity contribution in [2.45, 2.75) is 229 Å². The lowest BCUT2D eigenvalue weighted by Crippen LogP contribution is -2.65. The maximum atomic E-state index is 15.9. The number of hydrogen-bond acceptors (Lipinski definition) is 18. The number of methoxy groups -OCH3 is 4. The maximum Gasteiger partial charge on any atom is 0.249 e. The van der Waals surface area contributed by atoms with Crippen molar-refractivity contribution in [1.29, 1.82) is 0 Å². The molecule has 0 aromatic heterocycles. The van der Waals surface area contributed by atoms with Crippen LogP contribution in [0.5, 0.6) is 5.75 Å². The van der Waals surface area contributed by atoms with Crippen molar-refractivity contribution in [1.82, 2.24) is 45.3 Å². The Bertz CT molecular complexity index is 2570. The summed E-state index contributed by atoms with van der Waals surface area (Å²) in [7, 11) is 12.0. The van der Waals surface area contributed by atoms with Crippen LogP contribution in [0.3, 0.4) is 0 Å². The number of carbonyl (C=O) groups excluding carboxylic acids is 7. The molecule has 5 unspecified atom stereocenters. The first kappa shape index (κ1) is 68.8. The monoisotopic (exact) mass is 1250 g/mol. The van der Waals surface area contributed by atoms with Gasteiger partial charge in [-0.15, -0.1) is 0 Å². The van der Waals surface area contributed by atoms with Crippen LogP contribution >= 0.6 is 0 Å². The Labute approximate surface area is 528 Å². The minimum Gasteiger partial charge on any atom is -0.497 e. The average Bonchev–Trinajstić information content (AvgIpc) is 1.36. The van der Waals surface area contributed by atoms with Crippen LogP contribution in [-0.4, -0.2) is 266 Å². The van der Waals surface area contributed by atoms with Gasteiger partial charge in [0.1, 0.15) is 60.4 Å². The number of carbonyl (C=O) groups is 7. The highest BCUT2D eigenvalue weighted by Crippen LogP contribution is 2.32. The van der Waals surface area contributed by atoms with E-state index in [-0.39, 0.29) is 25.8 Å². The fourth-order valence-corrected chi connectivity index (χ4v) is 12.4. The number of amides is 7. The Morgan fingerprint density at radius 1 is 0.795 bits per heavy atom. The largest absolute Gasteiger partial charge is 0.497 e. The molecule has 0 saturated carbocycles. The summed E-state index contributed by atoms with van der Waals surface area (Å²) in [5.41, 5.74) is 6.22. The second kappa shape index (κ2) is 36.1. The summed E-state index contributed by atoms with van der Waals surface area (Å²) in [6.07, 6.45) is -6.25. The molecule has 4 rings (SSSR count). The van der Waals surface area contributed by atoms with Gasteiger partial charge in [-0.25, -0.2) is 0 Å². The third-order valence-corrected chi connectivity index (χ3v) is 18.0. The topological polar surface area (TPSA) is 319 Å². The van der Waals surface area contributed by atoms with E-state index >= 15 is 28.8 Å². The van der Waals surface area contributed by atoms with Crippen molar-refractivity contribution in [3.8, 4) is 5.75 Å². The summed E-state index contributed by atoms with van der Waals surface area (Å²) in [5.74, 6) is -5.26. The molecular weight excluding hydrogens is 1140 g/mol. The molecule has 7 amide bonds. The summed E-state index contributed by atoms with van der Waals surface area (Å²) >= 11 is 0. The van der Waals surface area contributed by atoms with Crippen LogP contribution in [-0.2, 0) is 47.8 Å². The van der Waals surface area contributed by atoms with Crippen LogP contribution in [0.1, 0.15) is 149 Å². The number of aliphatic hydroxyl groups is 4. The molecule has 1 aromatic carbocycles. The molecule has 3 aliphatic rings. The summed E-state index contributed by atoms with van der Waals surface area (Å²) < 4.78 is 58.5. The number of unbranched alkanes of at least 4 members (excludes halogenated alkanes) is 5. The fraction of sp³-hybridized carbons (Fsp3) is 0.794. The second-order valence-corrected chi connectivity index (χ2v) is 24.7. The normalized spacial score (nSPS) is 29.3. The number of benzene rings is 1. The highest BCUT2D eigenvalue weighted by Gasteiger charge is 2.52. The molecule has 0 spiro atoms. The van der Waals surface area contributed by atoms with Crippen molar-refractivity contribution in [3.63, 3.8) is 0 Å². The molecule has 3 heterocycles. The Morgan fingerprint density at radius 2 is 1.41 bits per heavy atom. The van der Waals surface area contributed by atoms with Crippen molar-refractivity contribution in [3.05, 3.63) is 29.8 Å². The molecule has 25 heteroatoms. The molecule has 3 fully saturated rings. The summed E-state index contributed by atoms with van der Waals surface area (Å²) in [6.45, 7) is 6.85. The Hall–Kier alpha value is -5.09. The van der Waals surface area contributed by atoms with E-state index in [1.165, 1.54) is 67.7 Å². The number of aliphatic hydroxyl groups excluding tert-OH is 4. The molecule has 3 aliphatic heterocycles. The number of nitrogens with two attached hydrogens (primary N) is 1. The van der Waals surface area contributed by atoms with Crippen LogP contribution in [0.2, 0.25) is 0 Å². The van der Waals surface area contributed by atoms with Crippen molar-refractivity contribution in [2.75, 3.05) is 83.3 Å². The highest BCUT2D eigenvalue weighted by molar-refractivity contribution is 5.98. The first-order valence-electron chi connectivity index (χ1n) is 33.1. The number of likely N-dealkylation sites (N-methyl/N-ethyl adjacent to an activating group) is 3. The van der Waals surface area contributed by atoms with E-state index in [0.29, 0.717) is 36.0 Å². The van der Waals surface area contributed by atoms with Crippen LogP contribution in [0.25, 0.3) is 0 Å². The lowest BCUT2D eigenvalue weighted by Gasteiger charge is -2.42. The third kappa shape index (κ3) is 20.0. The molecule has 18 atom stereocenters. The summed E-state index contributed by atoms with van der Waals surface area (Å²) in [6, 6.07) is -8.70. The molecule has 0 aliphatic carbocycles. The van der Waals surface area contributed by atoms with Gasteiger partial charge in [-0.05, 0) is 90.1 Å². The highest BCUT2D eigenvalue weighted by atomic mass is 16.5. The Balaban J connectivity index is 1.99. The zero-order valence-corrected chi connectivity index (χ0v) is 54.9. The molecule has 9 N–H and O–H groups in total. The number of hydrogen-bond donors (Lipinski definition) is 8. The third-order valence-electron chi connectivity index (χ3n) is 18.0. The van der Waals surface area contributed by atoms with Gasteiger partial charge in [-0.2, -0.15) is 0 Å². The van der Waals surface area contributed by atoms with E-state index < -0.39 is 164 Å². The number of rotatable bonds is 28. The molecule has 88 heavy (non-hydrogen) atoms. The van der Waals surface area contributed by atoms with Crippen LogP contribution in [0.4, 0.5) is 0 Å². The predicted molar refractivity (Wildman–Crippen MR) is 332 cm³/mol. The van der Waals surface area contributed by atoms with Crippen LogP contribution < -0.4 is 26.4 Å². The molecule has 0 bridgehead atoms. The van der Waals surface area contributed by atoms with Crippen molar-refractivity contribution < 1.29 is 78.4 Å². The van der Waals surface area contributed by atoms with Gasteiger partial charge in [0.2, 0.25) is 41.4 Å². The molecular formula is C63H110N10O15. The van der Waals surface area contributed by atoms with Gasteiger partial charge < -0.3 is 85.1 Å². The average molecular weight is 1250 g/mol. The van der Waals surface area contributed by atoms with Gasteiger partial charge in [0.15, 0.2) is 0 Å². The summed E-state index contributed by atoms with van der Waals surface area (Å²) in [4.78, 5) is 113. The minimum atomic E-state index is -2.90. The molecule has 25 nitrogen and oxygen atoms in total. The van der Waals surface area contributed by atoms with E-state index in [4.69, 9.17) is 28.8 Å². The Morgan fingerprint density at radius 3 is 1.98 bits per heavy atom. The standard InChI is InChI=1S/C63H110N10O15/c1-16-37(2)31-38(3)23-21-19-17-18-20-22-24-50(77)66-45-34-47(76)57(65-39(4)35-64)71(11)61(82)54-48(86-13)29-30-72(54)63(84)53(49(87-14)32-40(5)68(7)8)70(10)60(81)51(55(78)56(88-15)42-25-27-44(85-12)28-26-42)67-58(79)46-33-43(75)36-73(46)62(83)52(41(6)74)69(9)59(45)80/h25-28,37-41,43,45-49,51-57,65,74-76,78H,16-24,29-36,64H2,1-15H3,(H,66,77)(H,67,79)/t37?,38?,39?,40?,41-,43-,45+,46?,47-,48+,49-,51+,52+,53+,54+,55+,56+,57+/m1/s1/i35D2,39D,40D.